The molecule has 0 aliphatic carbocycles. The quantitative estimate of drug-likeness (QED) is 0.917. The van der Waals surface area contributed by atoms with Crippen LogP contribution < -0.4 is 0 Å². The number of hydrogen-bond donors (Lipinski definition) is 1. The highest BCUT2D eigenvalue weighted by atomic mass is 16.5. The van der Waals surface area contributed by atoms with Gasteiger partial charge < -0.3 is 14.6 Å². The summed E-state index contributed by atoms with van der Waals surface area (Å²) >= 11 is 0. The van der Waals surface area contributed by atoms with E-state index in [2.05, 4.69) is 28.7 Å². The van der Waals surface area contributed by atoms with Gasteiger partial charge in [-0.2, -0.15) is 0 Å². The van der Waals surface area contributed by atoms with Crippen LogP contribution in [0.4, 0.5) is 0 Å². The number of nitrogens with one attached hydrogen (secondary N) is 1. The van der Waals surface area contributed by atoms with Crippen molar-refractivity contribution in [2.45, 2.75) is 51.4 Å². The van der Waals surface area contributed by atoms with Gasteiger partial charge in [0.2, 0.25) is 0 Å². The predicted octanol–water partition coefficient (Wildman–Crippen LogP) is 1.57. The topological polar surface area (TPSA) is 61.5 Å². The number of imidazole rings is 1. The molecule has 3 rings (SSSR count). The summed E-state index contributed by atoms with van der Waals surface area (Å²) in [7, 11) is 0. The second-order valence-corrected chi connectivity index (χ2v) is 6.14. The Balaban J connectivity index is 1.66. The van der Waals surface area contributed by atoms with Gasteiger partial charge >= 0.3 is 0 Å². The molecule has 2 saturated heterocycles. The van der Waals surface area contributed by atoms with Crippen LogP contribution in [0.25, 0.3) is 0 Å². The number of rotatable bonds is 4. The second-order valence-electron chi connectivity index (χ2n) is 6.14. The predicted molar refractivity (Wildman–Crippen MR) is 83.3 cm³/mol. The first-order valence-electron chi connectivity index (χ1n) is 8.40. The number of carbonyl (C=O) groups excluding carboxylic acids is 1. The van der Waals surface area contributed by atoms with E-state index in [1.54, 1.807) is 6.20 Å². The molecule has 0 radical (unpaired) electrons. The lowest BCUT2D eigenvalue weighted by Crippen LogP contribution is -2.53. The SMILES string of the molecule is CC[C@@H]1CC[C@H](C(=O)N2CCN(CC)[C@H](c3ncc[nH]3)C2)O1. The lowest BCUT2D eigenvalue weighted by Gasteiger charge is -2.40. The van der Waals surface area contributed by atoms with Gasteiger partial charge in [-0.25, -0.2) is 4.98 Å². The molecule has 122 valence electrons. The van der Waals surface area contributed by atoms with E-state index in [0.717, 1.165) is 44.7 Å². The van der Waals surface area contributed by atoms with Gasteiger partial charge in [-0.05, 0) is 25.8 Å². The van der Waals surface area contributed by atoms with Crippen molar-refractivity contribution < 1.29 is 9.53 Å². The molecular weight excluding hydrogens is 280 g/mol. The zero-order valence-electron chi connectivity index (χ0n) is 13.5. The fourth-order valence-corrected chi connectivity index (χ4v) is 3.51. The Morgan fingerprint density at radius 1 is 1.41 bits per heavy atom. The van der Waals surface area contributed by atoms with Crippen molar-refractivity contribution in [3.05, 3.63) is 18.2 Å². The van der Waals surface area contributed by atoms with E-state index in [0.29, 0.717) is 6.54 Å². The third-order valence-electron chi connectivity index (χ3n) is 4.88. The van der Waals surface area contributed by atoms with Crippen LogP contribution >= 0.6 is 0 Å². The van der Waals surface area contributed by atoms with Crippen molar-refractivity contribution in [2.75, 3.05) is 26.2 Å². The Morgan fingerprint density at radius 3 is 2.91 bits per heavy atom. The summed E-state index contributed by atoms with van der Waals surface area (Å²) in [5.74, 6) is 1.10. The molecule has 0 unspecified atom stereocenters. The molecule has 1 aromatic heterocycles. The first kappa shape index (κ1) is 15.5. The average Bonchev–Trinajstić information content (AvgIpc) is 3.24. The van der Waals surface area contributed by atoms with Crippen LogP contribution in [0.2, 0.25) is 0 Å². The van der Waals surface area contributed by atoms with Gasteiger partial charge in [0, 0.05) is 32.0 Å². The number of aromatic amines is 1. The normalized spacial score (nSPS) is 29.9. The number of amides is 1. The van der Waals surface area contributed by atoms with Crippen LogP contribution in [0.5, 0.6) is 0 Å². The molecule has 2 aliphatic heterocycles. The first-order valence-corrected chi connectivity index (χ1v) is 8.40. The lowest BCUT2D eigenvalue weighted by atomic mass is 10.1. The highest BCUT2D eigenvalue weighted by Crippen LogP contribution is 2.27. The first-order chi connectivity index (χ1) is 10.7. The summed E-state index contributed by atoms with van der Waals surface area (Å²) in [6, 6.07) is 0.154. The molecule has 22 heavy (non-hydrogen) atoms. The second kappa shape index (κ2) is 6.79. The van der Waals surface area contributed by atoms with Crippen molar-refractivity contribution in [3.8, 4) is 0 Å². The number of H-pyrrole nitrogens is 1. The minimum atomic E-state index is -0.240. The molecule has 2 fully saturated rings. The van der Waals surface area contributed by atoms with E-state index in [1.807, 2.05) is 11.1 Å². The van der Waals surface area contributed by atoms with Crippen LogP contribution in [0.3, 0.4) is 0 Å². The number of piperazine rings is 1. The van der Waals surface area contributed by atoms with Gasteiger partial charge in [0.05, 0.1) is 12.1 Å². The molecular formula is C16H26N4O2. The molecule has 0 saturated carbocycles. The fourth-order valence-electron chi connectivity index (χ4n) is 3.51. The monoisotopic (exact) mass is 306 g/mol. The van der Waals surface area contributed by atoms with Crippen molar-refractivity contribution in [1.82, 2.24) is 19.8 Å². The Bertz CT molecular complexity index is 490. The van der Waals surface area contributed by atoms with E-state index >= 15 is 0 Å². The van der Waals surface area contributed by atoms with Crippen LogP contribution in [0.1, 0.15) is 45.0 Å². The van der Waals surface area contributed by atoms with Crippen molar-refractivity contribution in [2.24, 2.45) is 0 Å². The van der Waals surface area contributed by atoms with E-state index in [1.165, 1.54) is 0 Å². The van der Waals surface area contributed by atoms with E-state index in [-0.39, 0.29) is 24.2 Å². The summed E-state index contributed by atoms with van der Waals surface area (Å²) < 4.78 is 5.88. The van der Waals surface area contributed by atoms with Gasteiger partial charge in [-0.15, -0.1) is 0 Å². The van der Waals surface area contributed by atoms with E-state index in [4.69, 9.17) is 4.74 Å². The molecule has 1 amide bonds. The largest absolute Gasteiger partial charge is 0.365 e. The van der Waals surface area contributed by atoms with Gasteiger partial charge in [0.15, 0.2) is 0 Å². The fraction of sp³-hybridized carbons (Fsp3) is 0.750. The Kier molecular flexibility index (Phi) is 4.78. The zero-order valence-corrected chi connectivity index (χ0v) is 13.5. The van der Waals surface area contributed by atoms with Gasteiger partial charge in [-0.3, -0.25) is 9.69 Å². The Hall–Kier alpha value is -1.40. The number of likely N-dealkylation sites (N-methyl/N-ethyl adjacent to an activating group) is 1. The van der Waals surface area contributed by atoms with E-state index < -0.39 is 0 Å². The minimum absolute atomic E-state index is 0.154. The molecule has 6 heteroatoms. The van der Waals surface area contributed by atoms with E-state index in [9.17, 15) is 4.79 Å². The third-order valence-corrected chi connectivity index (χ3v) is 4.88. The maximum Gasteiger partial charge on any atom is 0.251 e. The van der Waals surface area contributed by atoms with Gasteiger partial charge in [0.25, 0.3) is 5.91 Å². The molecule has 3 atom stereocenters. The molecule has 0 bridgehead atoms. The molecule has 3 heterocycles. The van der Waals surface area contributed by atoms with Crippen molar-refractivity contribution >= 4 is 5.91 Å². The average molecular weight is 306 g/mol. The summed E-state index contributed by atoms with van der Waals surface area (Å²) in [4.78, 5) is 24.6. The maximum atomic E-state index is 12.7. The van der Waals surface area contributed by atoms with Crippen molar-refractivity contribution in [3.63, 3.8) is 0 Å². The number of hydrogen-bond acceptors (Lipinski definition) is 4. The molecule has 0 aromatic carbocycles. The van der Waals surface area contributed by atoms with Crippen LogP contribution in [-0.2, 0) is 9.53 Å². The number of aromatic nitrogens is 2. The summed E-state index contributed by atoms with van der Waals surface area (Å²) in [5.41, 5.74) is 0. The van der Waals surface area contributed by atoms with Crippen molar-refractivity contribution in [1.29, 1.82) is 0 Å². The number of carbonyl (C=O) groups is 1. The minimum Gasteiger partial charge on any atom is -0.365 e. The van der Waals surface area contributed by atoms with Crippen LogP contribution in [0, 0.1) is 0 Å². The van der Waals surface area contributed by atoms with Gasteiger partial charge in [0.1, 0.15) is 11.9 Å². The van der Waals surface area contributed by atoms with Crippen LogP contribution in [-0.4, -0.2) is 64.1 Å². The van der Waals surface area contributed by atoms with Gasteiger partial charge in [-0.1, -0.05) is 13.8 Å². The Morgan fingerprint density at radius 2 is 2.27 bits per heavy atom. The summed E-state index contributed by atoms with van der Waals surface area (Å²) in [6.07, 6.45) is 6.48. The number of ether oxygens (including phenoxy) is 1. The molecule has 6 nitrogen and oxygen atoms in total. The molecule has 2 aliphatic rings. The maximum absolute atomic E-state index is 12.7. The highest BCUT2D eigenvalue weighted by Gasteiger charge is 2.37. The highest BCUT2D eigenvalue weighted by molar-refractivity contribution is 5.81. The summed E-state index contributed by atoms with van der Waals surface area (Å²) in [5, 5.41) is 0. The number of nitrogens with zero attached hydrogens (tertiary/aromatic N) is 3. The molecule has 1 N–H and O–H groups in total. The third kappa shape index (κ3) is 3.03. The van der Waals surface area contributed by atoms with Crippen LogP contribution in [0.15, 0.2) is 12.4 Å². The smallest absolute Gasteiger partial charge is 0.251 e. The Labute approximate surface area is 131 Å². The molecule has 0 spiro atoms. The standard InChI is InChI=1S/C16H26N4O2/c1-3-12-5-6-14(22-12)16(21)20-10-9-19(4-2)13(11-20)15-17-7-8-18-15/h7-8,12-14H,3-6,9-11H2,1-2H3,(H,17,18)/t12-,13+,14-/m1/s1. The summed E-state index contributed by atoms with van der Waals surface area (Å²) in [6.45, 7) is 7.59. The lowest BCUT2D eigenvalue weighted by molar-refractivity contribution is -0.146. The zero-order chi connectivity index (χ0) is 15.5. The molecule has 1 aromatic rings.